The molecule has 4 heteroatoms. The number of para-hydroxylation sites is 1. The predicted molar refractivity (Wildman–Crippen MR) is 83.8 cm³/mol. The molecule has 112 valence electrons. The standard InChI is InChI=1S/C16H25NO2S/c1-12(2)13-8-4-5-9-14(13)17-15-10-6-7-11-16(15)20(3,18)19/h6-7,10-14,17H,4-5,8-9H2,1-3H3. The van der Waals surface area contributed by atoms with Crippen molar-refractivity contribution in [2.75, 3.05) is 11.6 Å². The fraction of sp³-hybridized carbons (Fsp3) is 0.625. The van der Waals surface area contributed by atoms with Crippen molar-refractivity contribution >= 4 is 15.5 Å². The molecule has 0 bridgehead atoms. The molecule has 0 aliphatic heterocycles. The molecule has 0 radical (unpaired) electrons. The Bertz CT molecular complexity index is 551. The van der Waals surface area contributed by atoms with Crippen LogP contribution >= 0.6 is 0 Å². The molecule has 0 amide bonds. The lowest BCUT2D eigenvalue weighted by atomic mass is 9.78. The monoisotopic (exact) mass is 295 g/mol. The van der Waals surface area contributed by atoms with Gasteiger partial charge in [0.25, 0.3) is 0 Å². The molecule has 1 aliphatic rings. The summed E-state index contributed by atoms with van der Waals surface area (Å²) >= 11 is 0. The molecule has 2 atom stereocenters. The van der Waals surface area contributed by atoms with Gasteiger partial charge in [-0.05, 0) is 36.8 Å². The van der Waals surface area contributed by atoms with Crippen molar-refractivity contribution in [1.82, 2.24) is 0 Å². The molecule has 1 saturated carbocycles. The van der Waals surface area contributed by atoms with E-state index < -0.39 is 9.84 Å². The maximum atomic E-state index is 11.9. The highest BCUT2D eigenvalue weighted by Gasteiger charge is 2.28. The van der Waals surface area contributed by atoms with E-state index in [0.717, 1.165) is 12.1 Å². The molecule has 20 heavy (non-hydrogen) atoms. The van der Waals surface area contributed by atoms with Crippen LogP contribution in [0.2, 0.25) is 0 Å². The average molecular weight is 295 g/mol. The zero-order chi connectivity index (χ0) is 14.8. The van der Waals surface area contributed by atoms with Crippen LogP contribution in [0.15, 0.2) is 29.2 Å². The number of benzene rings is 1. The maximum absolute atomic E-state index is 11.9. The van der Waals surface area contributed by atoms with E-state index in [9.17, 15) is 8.42 Å². The maximum Gasteiger partial charge on any atom is 0.177 e. The van der Waals surface area contributed by atoms with E-state index >= 15 is 0 Å². The van der Waals surface area contributed by atoms with Gasteiger partial charge in [0.05, 0.1) is 10.6 Å². The highest BCUT2D eigenvalue weighted by Crippen LogP contribution is 2.33. The summed E-state index contributed by atoms with van der Waals surface area (Å²) in [5, 5.41) is 3.51. The van der Waals surface area contributed by atoms with Gasteiger partial charge in [-0.25, -0.2) is 8.42 Å². The first-order valence-electron chi connectivity index (χ1n) is 7.45. The third-order valence-electron chi connectivity index (χ3n) is 4.30. The summed E-state index contributed by atoms with van der Waals surface area (Å²) in [5.41, 5.74) is 0.757. The number of hydrogen-bond acceptors (Lipinski definition) is 3. The summed E-state index contributed by atoms with van der Waals surface area (Å²) in [6.07, 6.45) is 6.14. The normalized spacial score (nSPS) is 23.8. The molecule has 2 unspecified atom stereocenters. The Kier molecular flexibility index (Phi) is 4.74. The summed E-state index contributed by atoms with van der Waals surface area (Å²) in [4.78, 5) is 0.410. The molecule has 0 aromatic heterocycles. The minimum atomic E-state index is -3.18. The van der Waals surface area contributed by atoms with Crippen LogP contribution in [0.4, 0.5) is 5.69 Å². The van der Waals surface area contributed by atoms with Crippen LogP contribution < -0.4 is 5.32 Å². The minimum Gasteiger partial charge on any atom is -0.381 e. The molecule has 0 heterocycles. The van der Waals surface area contributed by atoms with Gasteiger partial charge in [0.1, 0.15) is 0 Å². The fourth-order valence-corrected chi connectivity index (χ4v) is 4.10. The summed E-state index contributed by atoms with van der Waals surface area (Å²) in [6.45, 7) is 4.51. The summed E-state index contributed by atoms with van der Waals surface area (Å²) in [5.74, 6) is 1.24. The van der Waals surface area contributed by atoms with Crippen LogP contribution in [0, 0.1) is 11.8 Å². The second kappa shape index (κ2) is 6.17. The smallest absolute Gasteiger partial charge is 0.177 e. The summed E-state index contributed by atoms with van der Waals surface area (Å²) in [6, 6.07) is 7.62. The van der Waals surface area contributed by atoms with E-state index in [1.54, 1.807) is 12.1 Å². The molecule has 2 rings (SSSR count). The lowest BCUT2D eigenvalue weighted by molar-refractivity contribution is 0.253. The van der Waals surface area contributed by atoms with Crippen molar-refractivity contribution in [3.8, 4) is 0 Å². The van der Waals surface area contributed by atoms with Crippen molar-refractivity contribution in [1.29, 1.82) is 0 Å². The fourth-order valence-electron chi connectivity index (χ4n) is 3.25. The van der Waals surface area contributed by atoms with Gasteiger partial charge in [0, 0.05) is 12.3 Å². The average Bonchev–Trinajstić information content (AvgIpc) is 2.38. The zero-order valence-corrected chi connectivity index (χ0v) is 13.4. The Hall–Kier alpha value is -1.03. The van der Waals surface area contributed by atoms with Gasteiger partial charge < -0.3 is 5.32 Å². The third kappa shape index (κ3) is 3.54. The first-order chi connectivity index (χ1) is 9.39. The van der Waals surface area contributed by atoms with Gasteiger partial charge in [-0.3, -0.25) is 0 Å². The van der Waals surface area contributed by atoms with E-state index in [1.807, 2.05) is 12.1 Å². The van der Waals surface area contributed by atoms with Crippen molar-refractivity contribution in [2.45, 2.75) is 50.5 Å². The van der Waals surface area contributed by atoms with Crippen molar-refractivity contribution in [2.24, 2.45) is 11.8 Å². The molecular formula is C16H25NO2S. The van der Waals surface area contributed by atoms with Crippen LogP contribution in [-0.2, 0) is 9.84 Å². The van der Waals surface area contributed by atoms with Crippen LogP contribution in [0.5, 0.6) is 0 Å². The van der Waals surface area contributed by atoms with Gasteiger partial charge >= 0.3 is 0 Å². The van der Waals surface area contributed by atoms with Gasteiger partial charge in [0.15, 0.2) is 9.84 Å². The van der Waals surface area contributed by atoms with E-state index in [4.69, 9.17) is 0 Å². The van der Waals surface area contributed by atoms with Crippen molar-refractivity contribution in [3.05, 3.63) is 24.3 Å². The Morgan fingerprint density at radius 3 is 2.45 bits per heavy atom. The molecule has 1 aromatic rings. The van der Waals surface area contributed by atoms with E-state index in [1.165, 1.54) is 25.5 Å². The molecule has 1 aromatic carbocycles. The molecule has 1 fully saturated rings. The first kappa shape index (κ1) is 15.4. The van der Waals surface area contributed by atoms with Crippen LogP contribution in [-0.4, -0.2) is 20.7 Å². The molecule has 1 aliphatic carbocycles. The van der Waals surface area contributed by atoms with E-state index in [-0.39, 0.29) is 0 Å². The number of rotatable bonds is 4. The highest BCUT2D eigenvalue weighted by atomic mass is 32.2. The number of hydrogen-bond donors (Lipinski definition) is 1. The van der Waals surface area contributed by atoms with Gasteiger partial charge in [-0.1, -0.05) is 38.8 Å². The van der Waals surface area contributed by atoms with Crippen molar-refractivity contribution < 1.29 is 8.42 Å². The molecule has 1 N–H and O–H groups in total. The number of anilines is 1. The van der Waals surface area contributed by atoms with Crippen LogP contribution in [0.3, 0.4) is 0 Å². The molecular weight excluding hydrogens is 270 g/mol. The zero-order valence-electron chi connectivity index (χ0n) is 12.6. The Morgan fingerprint density at radius 1 is 1.15 bits per heavy atom. The first-order valence-corrected chi connectivity index (χ1v) is 9.34. The van der Waals surface area contributed by atoms with Crippen LogP contribution in [0.1, 0.15) is 39.5 Å². The molecule has 3 nitrogen and oxygen atoms in total. The second-order valence-electron chi connectivity index (χ2n) is 6.21. The summed E-state index contributed by atoms with van der Waals surface area (Å²) < 4.78 is 23.7. The number of nitrogens with one attached hydrogen (secondary N) is 1. The summed E-state index contributed by atoms with van der Waals surface area (Å²) in [7, 11) is -3.18. The largest absolute Gasteiger partial charge is 0.381 e. The topological polar surface area (TPSA) is 46.2 Å². The van der Waals surface area contributed by atoms with E-state index in [2.05, 4.69) is 19.2 Å². The second-order valence-corrected chi connectivity index (χ2v) is 8.20. The quantitative estimate of drug-likeness (QED) is 0.921. The molecule has 0 spiro atoms. The minimum absolute atomic E-state index is 0.381. The van der Waals surface area contributed by atoms with Gasteiger partial charge in [-0.15, -0.1) is 0 Å². The molecule has 0 saturated heterocycles. The van der Waals surface area contributed by atoms with Gasteiger partial charge in [-0.2, -0.15) is 0 Å². The Labute approximate surface area is 122 Å². The lowest BCUT2D eigenvalue weighted by Gasteiger charge is -2.36. The third-order valence-corrected chi connectivity index (χ3v) is 5.46. The van der Waals surface area contributed by atoms with Crippen LogP contribution in [0.25, 0.3) is 0 Å². The number of sulfone groups is 1. The lowest BCUT2D eigenvalue weighted by Crippen LogP contribution is -2.35. The SMILES string of the molecule is CC(C)C1CCCCC1Nc1ccccc1S(C)(=O)=O. The Balaban J connectivity index is 2.25. The van der Waals surface area contributed by atoms with Crippen molar-refractivity contribution in [3.63, 3.8) is 0 Å². The predicted octanol–water partition coefficient (Wildman–Crippen LogP) is 3.72. The van der Waals surface area contributed by atoms with Gasteiger partial charge in [0.2, 0.25) is 0 Å². The highest BCUT2D eigenvalue weighted by molar-refractivity contribution is 7.90. The Morgan fingerprint density at radius 2 is 1.80 bits per heavy atom. The van der Waals surface area contributed by atoms with E-state index in [0.29, 0.717) is 22.8 Å².